The Morgan fingerprint density at radius 3 is 3.06 bits per heavy atom. The number of allylic oxidation sites excluding steroid dienone is 6. The number of hydrogen-bond acceptors (Lipinski definition) is 0. The van der Waals surface area contributed by atoms with E-state index in [1.165, 1.54) is 38.5 Å². The fourth-order valence-electron chi connectivity index (χ4n) is 4.16. The molecule has 1 fully saturated rings. The normalized spacial score (nSPS) is 44.5. The Balaban J connectivity index is 1.74. The van der Waals surface area contributed by atoms with E-state index in [-0.39, 0.29) is 7.92 Å². The van der Waals surface area contributed by atoms with Gasteiger partial charge in [0.2, 0.25) is 0 Å². The van der Waals surface area contributed by atoms with Crippen LogP contribution in [-0.4, -0.2) is 11.3 Å². The second kappa shape index (κ2) is 3.57. The Morgan fingerprint density at radius 1 is 1.19 bits per heavy atom. The van der Waals surface area contributed by atoms with Crippen molar-refractivity contribution in [3.05, 3.63) is 35.2 Å². The lowest BCUT2D eigenvalue weighted by Gasteiger charge is -2.25. The summed E-state index contributed by atoms with van der Waals surface area (Å²) in [6.07, 6.45) is 18.6. The Labute approximate surface area is 99.3 Å². The largest absolute Gasteiger partial charge is 0.0872 e. The van der Waals surface area contributed by atoms with E-state index in [9.17, 15) is 0 Å². The molecule has 0 spiro atoms. The molecule has 0 aromatic rings. The second-order valence-electron chi connectivity index (χ2n) is 5.55. The van der Waals surface area contributed by atoms with Gasteiger partial charge in [0, 0.05) is 11.6 Å². The third-order valence-corrected chi connectivity index (χ3v) is 8.31. The van der Waals surface area contributed by atoms with Crippen molar-refractivity contribution in [2.75, 3.05) is 0 Å². The second-order valence-corrected chi connectivity index (χ2v) is 8.22. The molecule has 84 valence electrons. The summed E-state index contributed by atoms with van der Waals surface area (Å²) in [4.78, 5) is 0. The highest BCUT2D eigenvalue weighted by Gasteiger charge is 2.48. The van der Waals surface area contributed by atoms with Crippen molar-refractivity contribution in [3.63, 3.8) is 0 Å². The van der Waals surface area contributed by atoms with E-state index < -0.39 is 0 Å². The highest BCUT2D eigenvalue weighted by atomic mass is 31.1. The van der Waals surface area contributed by atoms with Gasteiger partial charge in [-0.05, 0) is 49.5 Å². The van der Waals surface area contributed by atoms with E-state index >= 15 is 0 Å². The van der Waals surface area contributed by atoms with Crippen LogP contribution in [0.2, 0.25) is 0 Å². The van der Waals surface area contributed by atoms with Crippen molar-refractivity contribution in [1.82, 2.24) is 0 Å². The van der Waals surface area contributed by atoms with Crippen molar-refractivity contribution < 1.29 is 0 Å². The third-order valence-electron chi connectivity index (χ3n) is 4.77. The summed E-state index contributed by atoms with van der Waals surface area (Å²) in [5.41, 5.74) is 3.85. The predicted molar refractivity (Wildman–Crippen MR) is 71.0 cm³/mol. The molecule has 0 bridgehead atoms. The van der Waals surface area contributed by atoms with Gasteiger partial charge < -0.3 is 0 Å². The van der Waals surface area contributed by atoms with Crippen LogP contribution in [0.5, 0.6) is 0 Å². The van der Waals surface area contributed by atoms with Crippen molar-refractivity contribution in [1.29, 1.82) is 0 Å². The minimum absolute atomic E-state index is 0.203. The van der Waals surface area contributed by atoms with E-state index in [0.29, 0.717) is 0 Å². The molecule has 16 heavy (non-hydrogen) atoms. The lowest BCUT2D eigenvalue weighted by atomic mass is 9.98. The van der Waals surface area contributed by atoms with Crippen molar-refractivity contribution >= 4 is 7.92 Å². The van der Waals surface area contributed by atoms with E-state index in [0.717, 1.165) is 17.2 Å². The van der Waals surface area contributed by atoms with Crippen LogP contribution < -0.4 is 0 Å². The molecule has 1 heterocycles. The summed E-state index contributed by atoms with van der Waals surface area (Å²) >= 11 is 0. The van der Waals surface area contributed by atoms with E-state index in [2.05, 4.69) is 24.3 Å². The summed E-state index contributed by atoms with van der Waals surface area (Å²) in [7, 11) is 0.203. The average Bonchev–Trinajstić information content (AvgIpc) is 3.00. The summed E-state index contributed by atoms with van der Waals surface area (Å²) in [5.74, 6) is 0.861. The molecular weight excluding hydrogens is 211 g/mol. The first-order valence-electron chi connectivity index (χ1n) is 6.79. The molecule has 0 amide bonds. The van der Waals surface area contributed by atoms with Crippen molar-refractivity contribution in [2.45, 2.75) is 49.8 Å². The summed E-state index contributed by atoms with van der Waals surface area (Å²) in [6, 6.07) is 0. The first kappa shape index (κ1) is 9.66. The van der Waals surface area contributed by atoms with Crippen LogP contribution >= 0.6 is 7.92 Å². The molecule has 4 aliphatic rings. The van der Waals surface area contributed by atoms with Crippen LogP contribution in [0.4, 0.5) is 0 Å². The number of rotatable bonds is 1. The maximum Gasteiger partial charge on any atom is 0.00568 e. The molecule has 1 heteroatoms. The standard InChI is InChI=1S/C15H19P/c1-2-6-11(5-1)16-14-9-3-7-12(14)13-8-4-10-15(13)16/h3,5,7-8,12,14-15H,1-2,4,6,9-10H2/t12?,14?,15-,16?/m0/s1. The summed E-state index contributed by atoms with van der Waals surface area (Å²) in [5, 5.41) is 1.89. The molecule has 4 rings (SSSR count). The zero-order valence-corrected chi connectivity index (χ0v) is 10.6. The fraction of sp³-hybridized carbons (Fsp3) is 0.600. The quantitative estimate of drug-likeness (QED) is 0.457. The highest BCUT2D eigenvalue weighted by molar-refractivity contribution is 7.64. The van der Waals surface area contributed by atoms with Crippen LogP contribution in [0, 0.1) is 5.92 Å². The molecule has 3 unspecified atom stereocenters. The van der Waals surface area contributed by atoms with E-state index in [1.54, 1.807) is 0 Å². The molecule has 0 aromatic carbocycles. The maximum atomic E-state index is 2.60. The van der Waals surface area contributed by atoms with Gasteiger partial charge >= 0.3 is 0 Å². The summed E-state index contributed by atoms with van der Waals surface area (Å²) in [6.45, 7) is 0. The first-order chi connectivity index (χ1) is 7.95. The van der Waals surface area contributed by atoms with Crippen molar-refractivity contribution in [3.8, 4) is 0 Å². The van der Waals surface area contributed by atoms with Crippen LogP contribution in [0.25, 0.3) is 0 Å². The van der Waals surface area contributed by atoms with Gasteiger partial charge in [-0.3, -0.25) is 0 Å². The zero-order chi connectivity index (χ0) is 10.5. The Bertz CT molecular complexity index is 402. The van der Waals surface area contributed by atoms with Crippen LogP contribution in [-0.2, 0) is 0 Å². The van der Waals surface area contributed by atoms with Gasteiger partial charge in [0.25, 0.3) is 0 Å². The van der Waals surface area contributed by atoms with Crippen LogP contribution in [0.15, 0.2) is 35.2 Å². The molecule has 4 atom stereocenters. The Kier molecular flexibility index (Phi) is 2.15. The molecule has 0 radical (unpaired) electrons. The molecule has 0 aromatic heterocycles. The lowest BCUT2D eigenvalue weighted by molar-refractivity contribution is 0.762. The minimum atomic E-state index is 0.203. The predicted octanol–water partition coefficient (Wildman–Crippen LogP) is 4.58. The smallest absolute Gasteiger partial charge is 0.00568 e. The monoisotopic (exact) mass is 230 g/mol. The average molecular weight is 230 g/mol. The van der Waals surface area contributed by atoms with Crippen LogP contribution in [0.1, 0.15) is 38.5 Å². The van der Waals surface area contributed by atoms with E-state index in [1.807, 2.05) is 10.9 Å². The molecule has 0 nitrogen and oxygen atoms in total. The Hall–Kier alpha value is -0.350. The molecule has 1 saturated heterocycles. The minimum Gasteiger partial charge on any atom is -0.0872 e. The molecule has 1 aliphatic heterocycles. The molecule has 0 saturated carbocycles. The SMILES string of the molecule is C1=CC2C3=CCC[C@@H]3P(C3=CCCC3)C2C1. The van der Waals surface area contributed by atoms with E-state index in [4.69, 9.17) is 0 Å². The maximum absolute atomic E-state index is 2.60. The lowest BCUT2D eigenvalue weighted by Crippen LogP contribution is -2.06. The fourth-order valence-corrected chi connectivity index (χ4v) is 8.20. The van der Waals surface area contributed by atoms with Crippen LogP contribution in [0.3, 0.4) is 0 Å². The number of fused-ring (bicyclic) bond motifs is 3. The number of hydrogen-bond donors (Lipinski definition) is 0. The van der Waals surface area contributed by atoms with Gasteiger partial charge in [-0.1, -0.05) is 37.8 Å². The van der Waals surface area contributed by atoms with Gasteiger partial charge in [-0.2, -0.15) is 0 Å². The van der Waals surface area contributed by atoms with Gasteiger partial charge in [-0.25, -0.2) is 0 Å². The first-order valence-corrected chi connectivity index (χ1v) is 8.27. The third kappa shape index (κ3) is 1.20. The molecule has 0 N–H and O–H groups in total. The van der Waals surface area contributed by atoms with Crippen molar-refractivity contribution in [2.24, 2.45) is 5.92 Å². The topological polar surface area (TPSA) is 0 Å². The highest BCUT2D eigenvalue weighted by Crippen LogP contribution is 2.71. The summed E-state index contributed by atoms with van der Waals surface area (Å²) < 4.78 is 0. The van der Waals surface area contributed by atoms with Gasteiger partial charge in [0.05, 0.1) is 0 Å². The van der Waals surface area contributed by atoms with Gasteiger partial charge in [-0.15, -0.1) is 0 Å². The van der Waals surface area contributed by atoms with Gasteiger partial charge in [0.1, 0.15) is 0 Å². The van der Waals surface area contributed by atoms with Gasteiger partial charge in [0.15, 0.2) is 0 Å². The zero-order valence-electron chi connectivity index (χ0n) is 9.73. The Morgan fingerprint density at radius 2 is 2.19 bits per heavy atom. The molecule has 3 aliphatic carbocycles. The molecular formula is C15H19P.